The summed E-state index contributed by atoms with van der Waals surface area (Å²) >= 11 is 0. The highest BCUT2D eigenvalue weighted by atomic mass is 32.2. The Bertz CT molecular complexity index is 3060. The van der Waals surface area contributed by atoms with Crippen LogP contribution < -0.4 is 4.74 Å². The number of unbranched alkanes of at least 4 members (excludes halogenated alkanes) is 12. The van der Waals surface area contributed by atoms with Gasteiger partial charge in [-0.1, -0.05) is 255 Å². The second kappa shape index (κ2) is 37.2. The van der Waals surface area contributed by atoms with Gasteiger partial charge in [-0.05, 0) is 90.2 Å². The minimum Gasteiger partial charge on any atom is -0.488 e. The summed E-state index contributed by atoms with van der Waals surface area (Å²) < 4.78 is 119. The summed E-state index contributed by atoms with van der Waals surface area (Å²) in [5.74, 6) is -1.22. The molecule has 0 spiro atoms. The molecule has 0 aromatic heterocycles. The first-order chi connectivity index (χ1) is 42.7. The van der Waals surface area contributed by atoms with E-state index in [1.54, 1.807) is 61.5 Å². The van der Waals surface area contributed by atoms with Crippen LogP contribution in [0.25, 0.3) is 0 Å². The van der Waals surface area contributed by atoms with E-state index < -0.39 is 65.5 Å². The highest BCUT2D eigenvalue weighted by molar-refractivity contribution is 7.87. The van der Waals surface area contributed by atoms with Crippen LogP contribution in [0.5, 0.6) is 5.75 Å². The Hall–Kier alpha value is -6.18. The lowest BCUT2D eigenvalue weighted by atomic mass is 9.99. The minimum absolute atomic E-state index is 0.122. The van der Waals surface area contributed by atoms with Gasteiger partial charge in [0.15, 0.2) is 8.32 Å². The Morgan fingerprint density at radius 3 is 1.42 bits per heavy atom. The van der Waals surface area contributed by atoms with E-state index in [9.17, 15) is 31.2 Å². The van der Waals surface area contributed by atoms with Gasteiger partial charge in [-0.3, -0.25) is 0 Å². The normalized spacial score (nSPS) is 13.9. The molecule has 89 heavy (non-hydrogen) atoms. The van der Waals surface area contributed by atoms with E-state index in [0.29, 0.717) is 41.9 Å². The highest BCUT2D eigenvalue weighted by Gasteiger charge is 2.54. The fourth-order valence-electron chi connectivity index (χ4n) is 10.0. The van der Waals surface area contributed by atoms with Gasteiger partial charge >= 0.3 is 27.6 Å². The molecule has 0 bridgehead atoms. The van der Waals surface area contributed by atoms with E-state index in [0.717, 1.165) is 106 Å². The van der Waals surface area contributed by atoms with Gasteiger partial charge in [0, 0.05) is 0 Å². The maximum atomic E-state index is 14.6. The maximum Gasteiger partial charge on any atom is 0.523 e. The minimum atomic E-state index is -6.43. The first-order valence-electron chi connectivity index (χ1n) is 31.5. The van der Waals surface area contributed by atoms with E-state index in [4.69, 9.17) is 37.0 Å². The molecule has 0 aliphatic heterocycles. The molecule has 0 saturated heterocycles. The zero-order valence-electron chi connectivity index (χ0n) is 52.8. The number of aryl methyl sites for hydroxylation is 1. The lowest BCUT2D eigenvalue weighted by Crippen LogP contribution is -2.57. The molecule has 0 radical (unpaired) electrons. The van der Waals surface area contributed by atoms with Gasteiger partial charge in [-0.15, -0.1) is 0 Å². The Kier molecular flexibility index (Phi) is 30.1. The largest absolute Gasteiger partial charge is 0.523 e. The third kappa shape index (κ3) is 25.2. The van der Waals surface area contributed by atoms with Crippen LogP contribution in [0.1, 0.15) is 161 Å². The van der Waals surface area contributed by atoms with Crippen molar-refractivity contribution in [2.45, 2.75) is 211 Å². The van der Waals surface area contributed by atoms with Crippen LogP contribution in [-0.2, 0) is 86.7 Å². The molecule has 5 atom stereocenters. The molecule has 0 unspecified atom stereocenters. The monoisotopic (exact) mass is 1270 g/mol. The fourth-order valence-corrected chi connectivity index (χ4v) is 11.9. The van der Waals surface area contributed by atoms with Crippen molar-refractivity contribution in [3.8, 4) is 5.75 Å². The summed E-state index contributed by atoms with van der Waals surface area (Å²) in [4.78, 5) is 28.2. The average molecular weight is 1270 g/mol. The molecule has 0 aliphatic rings. The smallest absolute Gasteiger partial charge is 0.488 e. The summed E-state index contributed by atoms with van der Waals surface area (Å²) in [6.07, 6.45) is 6.71. The van der Waals surface area contributed by atoms with Crippen LogP contribution in [-0.4, -0.2) is 71.3 Å². The number of alkyl halides is 3. The lowest BCUT2D eigenvalue weighted by Gasteiger charge is -2.43. The van der Waals surface area contributed by atoms with Crippen molar-refractivity contribution in [1.82, 2.24) is 0 Å². The number of hydrogen-bond acceptors (Lipinski definition) is 12. The number of carbonyl (C=O) groups is 2. The van der Waals surface area contributed by atoms with Crippen molar-refractivity contribution in [2.24, 2.45) is 0 Å². The van der Waals surface area contributed by atoms with Crippen LogP contribution in [0.3, 0.4) is 0 Å². The van der Waals surface area contributed by atoms with Crippen molar-refractivity contribution < 1.29 is 68.2 Å². The number of hydrogen-bond donors (Lipinski definition) is 0. The zero-order valence-corrected chi connectivity index (χ0v) is 54.7. The molecule has 12 nitrogen and oxygen atoms in total. The topological polar surface area (TPSA) is 142 Å². The Labute approximate surface area is 528 Å². The molecule has 0 fully saturated rings. The van der Waals surface area contributed by atoms with Gasteiger partial charge in [0.1, 0.15) is 36.7 Å². The molecule has 17 heteroatoms. The SMILES string of the molecule is C[C@H](CCCCCCCCCCCCCCCc1cccc(OCc2ccccc2)c1C(=O)OCc1ccccc1)OC(=O)[C@H](OS(=O)(=O)C(F)(F)F)[C@@H](OCc1ccccc1)[C@H](OCc1ccccc1)[C@@H](COCc1ccccc1)O[Si](C)(C)C(C)(C)C. The zero-order chi connectivity index (χ0) is 64.0. The highest BCUT2D eigenvalue weighted by Crippen LogP contribution is 2.39. The molecule has 0 aliphatic carbocycles. The van der Waals surface area contributed by atoms with Crippen molar-refractivity contribution in [1.29, 1.82) is 0 Å². The van der Waals surface area contributed by atoms with E-state index in [1.807, 2.05) is 149 Å². The molecule has 0 N–H and O–H groups in total. The molecule has 484 valence electrons. The summed E-state index contributed by atoms with van der Waals surface area (Å²) in [7, 11) is -9.25. The van der Waals surface area contributed by atoms with Gasteiger partial charge in [0.2, 0.25) is 6.10 Å². The molecule has 6 rings (SSSR count). The standard InChI is InChI=1S/C72H93F3O12SSi/c1-56(36-23-16-14-12-10-8-7-9-11-13-15-17-34-47-62-48-35-49-63(81-51-58-39-26-19-27-40-58)65(62)69(76)84-54-61-45-32-22-33-46-61)85-70(77)68(86-88(78,79)72(73,74)75)67(83-53-60-43-30-21-31-44-60)66(82-52-59-41-28-20-29-42-59)64(87-89(5,6)71(2,3)4)55-80-50-57-37-24-18-25-38-57/h18-22,24-33,35,37-46,48-49,56,64,66-68H,7-17,23,34,36,47,50-55H2,1-6H3/t56-,64-,66-,67+,68-/m1/s1. The first-order valence-corrected chi connectivity index (χ1v) is 35.8. The van der Waals surface area contributed by atoms with Crippen LogP contribution in [0.15, 0.2) is 170 Å². The van der Waals surface area contributed by atoms with Gasteiger partial charge < -0.3 is 32.8 Å². The number of esters is 2. The molecule has 6 aromatic rings. The van der Waals surface area contributed by atoms with Gasteiger partial charge in [0.05, 0.1) is 38.6 Å². The van der Waals surface area contributed by atoms with Crippen LogP contribution in [0, 0.1) is 0 Å². The number of ether oxygens (including phenoxy) is 6. The Morgan fingerprint density at radius 2 is 0.944 bits per heavy atom. The maximum absolute atomic E-state index is 14.6. The summed E-state index contributed by atoms with van der Waals surface area (Å²) in [5, 5.41) is -0.393. The van der Waals surface area contributed by atoms with Gasteiger partial charge in [-0.25, -0.2) is 13.8 Å². The second-order valence-electron chi connectivity index (χ2n) is 24.4. The molecule has 0 heterocycles. The Balaban J connectivity index is 1.01. The average Bonchev–Trinajstić information content (AvgIpc) is 2.72. The van der Waals surface area contributed by atoms with E-state index in [2.05, 4.69) is 0 Å². The summed E-state index contributed by atoms with van der Waals surface area (Å²) in [6.45, 7) is 11.8. The summed E-state index contributed by atoms with van der Waals surface area (Å²) in [5.41, 5.74) is -0.437. The van der Waals surface area contributed by atoms with Crippen molar-refractivity contribution >= 4 is 30.4 Å². The lowest BCUT2D eigenvalue weighted by molar-refractivity contribution is -0.191. The molecule has 6 aromatic carbocycles. The number of rotatable bonds is 41. The third-order valence-electron chi connectivity index (χ3n) is 16.1. The third-order valence-corrected chi connectivity index (χ3v) is 21.6. The van der Waals surface area contributed by atoms with Crippen molar-refractivity contribution in [2.75, 3.05) is 6.61 Å². The second-order valence-corrected chi connectivity index (χ2v) is 30.7. The number of carbonyl (C=O) groups excluding carboxylic acids is 2. The van der Waals surface area contributed by atoms with Crippen LogP contribution in [0.2, 0.25) is 18.1 Å². The first kappa shape index (κ1) is 71.9. The van der Waals surface area contributed by atoms with Crippen LogP contribution in [0.4, 0.5) is 13.2 Å². The fraction of sp³-hybridized carbons (Fsp3) is 0.472. The van der Waals surface area contributed by atoms with E-state index in [-0.39, 0.29) is 39.0 Å². The van der Waals surface area contributed by atoms with E-state index in [1.165, 1.54) is 0 Å². The van der Waals surface area contributed by atoms with Crippen LogP contribution >= 0.6 is 0 Å². The van der Waals surface area contributed by atoms with Crippen molar-refractivity contribution in [3.63, 3.8) is 0 Å². The summed E-state index contributed by atoms with van der Waals surface area (Å²) in [6, 6.07) is 52.5. The van der Waals surface area contributed by atoms with E-state index >= 15 is 0 Å². The predicted octanol–water partition coefficient (Wildman–Crippen LogP) is 17.6. The predicted molar refractivity (Wildman–Crippen MR) is 345 cm³/mol. The van der Waals surface area contributed by atoms with Gasteiger partial charge in [-0.2, -0.15) is 21.6 Å². The molecular formula is C72H93F3O12SSi. The quantitative estimate of drug-likeness (QED) is 0.0119. The van der Waals surface area contributed by atoms with Crippen molar-refractivity contribution in [3.05, 3.63) is 209 Å². The Morgan fingerprint density at radius 1 is 0.517 bits per heavy atom. The molecule has 0 amide bonds. The molecule has 0 saturated carbocycles. The number of benzene rings is 6. The molecular weight excluding hydrogens is 1170 g/mol. The number of halogens is 3. The van der Waals surface area contributed by atoms with Gasteiger partial charge in [0.25, 0.3) is 0 Å².